The van der Waals surface area contributed by atoms with Gasteiger partial charge in [-0.15, -0.1) is 0 Å². The van der Waals surface area contributed by atoms with Crippen LogP contribution in [0.3, 0.4) is 0 Å². The molecule has 5 nitrogen and oxygen atoms in total. The zero-order valence-corrected chi connectivity index (χ0v) is 9.73. The molecule has 1 aliphatic rings. The van der Waals surface area contributed by atoms with Gasteiger partial charge in [0, 0.05) is 12.1 Å². The summed E-state index contributed by atoms with van der Waals surface area (Å²) in [6.07, 6.45) is 0.890. The Morgan fingerprint density at radius 2 is 2.17 bits per heavy atom. The summed E-state index contributed by atoms with van der Waals surface area (Å²) in [5, 5.41) is 0. The number of hydrogen-bond acceptors (Lipinski definition) is 3. The molecule has 2 amide bonds. The van der Waals surface area contributed by atoms with Gasteiger partial charge in [0.05, 0.1) is 6.54 Å². The summed E-state index contributed by atoms with van der Waals surface area (Å²) in [5.41, 5.74) is 12.0. The Bertz CT molecular complexity index is 504. The lowest BCUT2D eigenvalue weighted by Gasteiger charge is -2.30. The van der Waals surface area contributed by atoms with Crippen molar-refractivity contribution in [2.45, 2.75) is 18.9 Å². The van der Waals surface area contributed by atoms with Crippen molar-refractivity contribution in [2.24, 2.45) is 11.5 Å². The first-order valence-corrected chi connectivity index (χ1v) is 5.62. The highest BCUT2D eigenvalue weighted by molar-refractivity contribution is 5.97. The summed E-state index contributed by atoms with van der Waals surface area (Å²) in [7, 11) is 0. The van der Waals surface area contributed by atoms with Gasteiger partial charge in [0.2, 0.25) is 11.8 Å². The van der Waals surface area contributed by atoms with Crippen LogP contribution in [0.4, 0.5) is 10.1 Å². The minimum Gasteiger partial charge on any atom is -0.368 e. The van der Waals surface area contributed by atoms with Gasteiger partial charge in [-0.25, -0.2) is 4.39 Å². The zero-order valence-electron chi connectivity index (χ0n) is 9.73. The number of nitrogens with two attached hydrogens (primary N) is 2. The first-order chi connectivity index (χ1) is 8.49. The number of aryl methyl sites for hydroxylation is 1. The summed E-state index contributed by atoms with van der Waals surface area (Å²) < 4.78 is 13.2. The maximum absolute atomic E-state index is 13.2. The zero-order chi connectivity index (χ0) is 13.3. The number of primary amides is 1. The molecule has 0 saturated carbocycles. The van der Waals surface area contributed by atoms with E-state index in [9.17, 15) is 14.0 Å². The van der Waals surface area contributed by atoms with Crippen molar-refractivity contribution < 1.29 is 14.0 Å². The largest absolute Gasteiger partial charge is 0.368 e. The third-order valence-electron chi connectivity index (χ3n) is 2.99. The Kier molecular flexibility index (Phi) is 3.29. The smallest absolute Gasteiger partial charge is 0.236 e. The fourth-order valence-electron chi connectivity index (χ4n) is 2.00. The van der Waals surface area contributed by atoms with E-state index in [0.717, 1.165) is 5.56 Å². The molecule has 0 radical (unpaired) electrons. The highest BCUT2D eigenvalue weighted by atomic mass is 19.1. The van der Waals surface area contributed by atoms with E-state index in [-0.39, 0.29) is 12.5 Å². The number of benzene rings is 1. The van der Waals surface area contributed by atoms with Crippen molar-refractivity contribution in [3.63, 3.8) is 0 Å². The van der Waals surface area contributed by atoms with E-state index in [0.29, 0.717) is 18.5 Å². The van der Waals surface area contributed by atoms with E-state index in [1.807, 2.05) is 0 Å². The molecule has 1 aromatic carbocycles. The molecule has 0 aromatic heterocycles. The van der Waals surface area contributed by atoms with E-state index >= 15 is 0 Å². The van der Waals surface area contributed by atoms with Crippen molar-refractivity contribution in [3.8, 4) is 0 Å². The van der Waals surface area contributed by atoms with Gasteiger partial charge >= 0.3 is 0 Å². The Hall–Kier alpha value is -1.95. The Morgan fingerprint density at radius 1 is 1.44 bits per heavy atom. The summed E-state index contributed by atoms with van der Waals surface area (Å²) in [5.74, 6) is -1.29. The molecule has 18 heavy (non-hydrogen) atoms. The van der Waals surface area contributed by atoms with E-state index in [4.69, 9.17) is 11.5 Å². The molecule has 0 saturated heterocycles. The summed E-state index contributed by atoms with van der Waals surface area (Å²) >= 11 is 0. The second-order valence-corrected chi connectivity index (χ2v) is 4.29. The first kappa shape index (κ1) is 12.5. The van der Waals surface area contributed by atoms with Gasteiger partial charge in [-0.05, 0) is 24.1 Å². The number of hydrogen-bond donors (Lipinski definition) is 2. The van der Waals surface area contributed by atoms with Gasteiger partial charge in [0.15, 0.2) is 0 Å². The molecule has 0 spiro atoms. The van der Waals surface area contributed by atoms with Gasteiger partial charge in [0.1, 0.15) is 11.9 Å². The highest BCUT2D eigenvalue weighted by Gasteiger charge is 2.27. The number of amides is 2. The van der Waals surface area contributed by atoms with Crippen molar-refractivity contribution in [1.82, 2.24) is 0 Å². The molecule has 96 valence electrons. The van der Waals surface area contributed by atoms with Crippen molar-refractivity contribution in [3.05, 3.63) is 29.6 Å². The summed E-state index contributed by atoms with van der Waals surface area (Å²) in [4.78, 5) is 24.1. The van der Waals surface area contributed by atoms with Crippen LogP contribution < -0.4 is 16.4 Å². The van der Waals surface area contributed by atoms with Gasteiger partial charge in [-0.3, -0.25) is 9.59 Å². The molecule has 2 rings (SSSR count). The monoisotopic (exact) mass is 251 g/mol. The molecule has 1 unspecified atom stereocenters. The number of carbonyl (C=O) groups is 2. The van der Waals surface area contributed by atoms with Crippen LogP contribution in [-0.2, 0) is 16.0 Å². The molecule has 1 aromatic rings. The molecule has 1 heterocycles. The number of anilines is 1. The molecule has 0 aliphatic carbocycles. The average Bonchev–Trinajstić information content (AvgIpc) is 2.32. The molecule has 1 aliphatic heterocycles. The molecule has 4 N–H and O–H groups in total. The number of fused-ring (bicyclic) bond motifs is 1. The Labute approximate surface area is 104 Å². The van der Waals surface area contributed by atoms with E-state index < -0.39 is 17.8 Å². The lowest BCUT2D eigenvalue weighted by Crippen LogP contribution is -2.49. The van der Waals surface area contributed by atoms with Gasteiger partial charge in [-0.1, -0.05) is 6.07 Å². The quantitative estimate of drug-likeness (QED) is 0.787. The standard InChI is InChI=1S/C12H14FN3O2/c13-8-3-1-7-2-4-11(17)16(10(7)5-8)6-9(14)12(15)18/h1,3,5,9H,2,4,6,14H2,(H2,15,18). The third kappa shape index (κ3) is 2.33. The fourth-order valence-corrected chi connectivity index (χ4v) is 2.00. The first-order valence-electron chi connectivity index (χ1n) is 5.62. The summed E-state index contributed by atoms with van der Waals surface area (Å²) in [6.45, 7) is -0.0232. The number of halogens is 1. The number of nitrogens with zero attached hydrogens (tertiary/aromatic N) is 1. The van der Waals surface area contributed by atoms with Crippen LogP contribution in [0.5, 0.6) is 0 Å². The third-order valence-corrected chi connectivity index (χ3v) is 2.99. The fraction of sp³-hybridized carbons (Fsp3) is 0.333. The molecular formula is C12H14FN3O2. The second-order valence-electron chi connectivity index (χ2n) is 4.29. The van der Waals surface area contributed by atoms with Crippen LogP contribution >= 0.6 is 0 Å². The minimum absolute atomic E-state index is 0.0232. The Balaban J connectivity index is 2.32. The van der Waals surface area contributed by atoms with Crippen molar-refractivity contribution in [2.75, 3.05) is 11.4 Å². The lowest BCUT2D eigenvalue weighted by molar-refractivity contribution is -0.120. The number of carbonyl (C=O) groups excluding carboxylic acids is 2. The van der Waals surface area contributed by atoms with Gasteiger partial charge < -0.3 is 16.4 Å². The van der Waals surface area contributed by atoms with Crippen LogP contribution in [0.15, 0.2) is 18.2 Å². The SMILES string of the molecule is NC(=O)C(N)CN1C(=O)CCc2ccc(F)cc21. The van der Waals surface area contributed by atoms with Crippen molar-refractivity contribution >= 4 is 17.5 Å². The van der Waals surface area contributed by atoms with Crippen LogP contribution in [0.2, 0.25) is 0 Å². The maximum Gasteiger partial charge on any atom is 0.236 e. The van der Waals surface area contributed by atoms with E-state index in [2.05, 4.69) is 0 Å². The Morgan fingerprint density at radius 3 is 2.83 bits per heavy atom. The molecule has 6 heteroatoms. The van der Waals surface area contributed by atoms with Crippen LogP contribution in [0.1, 0.15) is 12.0 Å². The average molecular weight is 251 g/mol. The predicted octanol–water partition coefficient (Wildman–Crippen LogP) is -0.0825. The van der Waals surface area contributed by atoms with Crippen LogP contribution in [0.25, 0.3) is 0 Å². The second kappa shape index (κ2) is 4.73. The van der Waals surface area contributed by atoms with E-state index in [1.54, 1.807) is 6.07 Å². The van der Waals surface area contributed by atoms with Crippen molar-refractivity contribution in [1.29, 1.82) is 0 Å². The number of rotatable bonds is 3. The predicted molar refractivity (Wildman–Crippen MR) is 64.2 cm³/mol. The topological polar surface area (TPSA) is 89.4 Å². The molecule has 1 atom stereocenters. The molecule has 0 bridgehead atoms. The lowest BCUT2D eigenvalue weighted by atomic mass is 10.0. The van der Waals surface area contributed by atoms with Gasteiger partial charge in [-0.2, -0.15) is 0 Å². The molecular weight excluding hydrogens is 237 g/mol. The van der Waals surface area contributed by atoms with E-state index in [1.165, 1.54) is 17.0 Å². The van der Waals surface area contributed by atoms with Gasteiger partial charge in [0.25, 0.3) is 0 Å². The van der Waals surface area contributed by atoms with Crippen LogP contribution in [0, 0.1) is 5.82 Å². The maximum atomic E-state index is 13.2. The minimum atomic E-state index is -0.955. The van der Waals surface area contributed by atoms with Crippen LogP contribution in [-0.4, -0.2) is 24.4 Å². The molecule has 0 fully saturated rings. The normalized spacial score (nSPS) is 16.3. The summed E-state index contributed by atoms with van der Waals surface area (Å²) in [6, 6.07) is 3.31. The highest BCUT2D eigenvalue weighted by Crippen LogP contribution is 2.28.